The molecule has 0 atom stereocenters. The lowest BCUT2D eigenvalue weighted by Crippen LogP contribution is -2.15. The number of nitrogens with zero attached hydrogens (tertiary/aromatic N) is 2. The number of halogens is 1. The topological polar surface area (TPSA) is 93.2 Å². The zero-order chi connectivity index (χ0) is 19.9. The number of methoxy groups -OCH3 is 1. The summed E-state index contributed by atoms with van der Waals surface area (Å²) in [4.78, 5) is 32.0. The quantitative estimate of drug-likeness (QED) is 0.616. The lowest BCUT2D eigenvalue weighted by atomic mass is 10.2. The molecule has 2 N–H and O–H groups in total. The Labute approximate surface area is 166 Å². The summed E-state index contributed by atoms with van der Waals surface area (Å²) in [7, 11) is 1.31. The van der Waals surface area contributed by atoms with Crippen LogP contribution in [0.2, 0.25) is 5.02 Å². The number of carbonyl (C=O) groups excluding carboxylic acids is 2. The van der Waals surface area contributed by atoms with Crippen LogP contribution in [-0.4, -0.2) is 29.0 Å². The molecule has 1 aromatic heterocycles. The van der Waals surface area contributed by atoms with E-state index in [4.69, 9.17) is 11.6 Å². The van der Waals surface area contributed by atoms with Gasteiger partial charge in [0.2, 0.25) is 0 Å². The van der Waals surface area contributed by atoms with Crippen LogP contribution in [0.3, 0.4) is 0 Å². The van der Waals surface area contributed by atoms with E-state index < -0.39 is 5.97 Å². The van der Waals surface area contributed by atoms with Gasteiger partial charge in [0.1, 0.15) is 17.8 Å². The number of rotatable bonds is 6. The van der Waals surface area contributed by atoms with E-state index in [0.717, 1.165) is 5.56 Å². The standard InChI is InChI=1S/C20H17ClN4O3/c1-28-20(27)14-4-8-16(9-5-14)25-19(26)17-10-18(24-12-23-17)22-11-13-2-6-15(21)7-3-13/h2-10,12H,11H2,1H3,(H,25,26)(H,22,23,24). The molecule has 3 rings (SSSR count). The maximum atomic E-state index is 12.4. The van der Waals surface area contributed by atoms with Crippen LogP contribution in [0.4, 0.5) is 11.5 Å². The Bertz CT molecular complexity index is 976. The smallest absolute Gasteiger partial charge is 0.337 e. The van der Waals surface area contributed by atoms with E-state index >= 15 is 0 Å². The van der Waals surface area contributed by atoms with Crippen molar-refractivity contribution in [1.82, 2.24) is 9.97 Å². The van der Waals surface area contributed by atoms with E-state index in [0.29, 0.717) is 28.6 Å². The lowest BCUT2D eigenvalue weighted by molar-refractivity contribution is 0.0600. The first kappa shape index (κ1) is 19.3. The average molecular weight is 397 g/mol. The summed E-state index contributed by atoms with van der Waals surface area (Å²) >= 11 is 5.87. The molecule has 142 valence electrons. The van der Waals surface area contributed by atoms with Gasteiger partial charge in [-0.15, -0.1) is 0 Å². The van der Waals surface area contributed by atoms with Gasteiger partial charge in [0.05, 0.1) is 12.7 Å². The van der Waals surface area contributed by atoms with Crippen molar-refractivity contribution in [3.05, 3.63) is 82.8 Å². The number of amides is 1. The van der Waals surface area contributed by atoms with Crippen molar-refractivity contribution >= 4 is 35.0 Å². The molecule has 0 saturated heterocycles. The van der Waals surface area contributed by atoms with E-state index in [1.807, 2.05) is 24.3 Å². The van der Waals surface area contributed by atoms with Gasteiger partial charge in [-0.05, 0) is 42.0 Å². The Hall–Kier alpha value is -3.45. The Morgan fingerprint density at radius 2 is 1.75 bits per heavy atom. The molecule has 8 heteroatoms. The molecule has 0 unspecified atom stereocenters. The van der Waals surface area contributed by atoms with Crippen molar-refractivity contribution in [2.75, 3.05) is 17.7 Å². The third-order valence-corrected chi connectivity index (χ3v) is 4.10. The molecule has 0 aliphatic heterocycles. The molecule has 0 radical (unpaired) electrons. The second-order valence-corrected chi connectivity index (χ2v) is 6.23. The summed E-state index contributed by atoms with van der Waals surface area (Å²) in [5.74, 6) is -0.302. The molecule has 7 nitrogen and oxygen atoms in total. The molecular weight excluding hydrogens is 380 g/mol. The second-order valence-electron chi connectivity index (χ2n) is 5.79. The molecule has 0 saturated carbocycles. The summed E-state index contributed by atoms with van der Waals surface area (Å²) < 4.78 is 4.64. The van der Waals surface area contributed by atoms with Gasteiger partial charge in [-0.3, -0.25) is 4.79 Å². The first-order chi connectivity index (χ1) is 13.5. The van der Waals surface area contributed by atoms with Crippen LogP contribution in [0.25, 0.3) is 0 Å². The van der Waals surface area contributed by atoms with Gasteiger partial charge >= 0.3 is 5.97 Å². The number of nitrogens with one attached hydrogen (secondary N) is 2. The first-order valence-electron chi connectivity index (χ1n) is 8.35. The lowest BCUT2D eigenvalue weighted by Gasteiger charge is -2.08. The third kappa shape index (κ3) is 5.05. The van der Waals surface area contributed by atoms with Crippen molar-refractivity contribution in [2.45, 2.75) is 6.54 Å². The predicted molar refractivity (Wildman–Crippen MR) is 107 cm³/mol. The molecule has 0 aliphatic carbocycles. The molecule has 1 amide bonds. The predicted octanol–water partition coefficient (Wildman–Crippen LogP) is 3.78. The van der Waals surface area contributed by atoms with Gasteiger partial charge in [0.15, 0.2) is 0 Å². The summed E-state index contributed by atoms with van der Waals surface area (Å²) in [6, 6.07) is 15.4. The molecular formula is C20H17ClN4O3. The maximum absolute atomic E-state index is 12.4. The molecule has 0 fully saturated rings. The van der Waals surface area contributed by atoms with E-state index in [9.17, 15) is 9.59 Å². The van der Waals surface area contributed by atoms with Gasteiger partial charge in [-0.2, -0.15) is 0 Å². The molecule has 0 bridgehead atoms. The van der Waals surface area contributed by atoms with Crippen LogP contribution in [-0.2, 0) is 11.3 Å². The van der Waals surface area contributed by atoms with Crippen LogP contribution in [0.15, 0.2) is 60.9 Å². The number of anilines is 2. The molecule has 0 spiro atoms. The van der Waals surface area contributed by atoms with Crippen molar-refractivity contribution in [3.63, 3.8) is 0 Å². The van der Waals surface area contributed by atoms with Gasteiger partial charge in [-0.25, -0.2) is 14.8 Å². The monoisotopic (exact) mass is 396 g/mol. The van der Waals surface area contributed by atoms with Gasteiger partial charge in [-0.1, -0.05) is 23.7 Å². The number of benzene rings is 2. The van der Waals surface area contributed by atoms with Crippen molar-refractivity contribution in [1.29, 1.82) is 0 Å². The zero-order valence-corrected chi connectivity index (χ0v) is 15.7. The third-order valence-electron chi connectivity index (χ3n) is 3.85. The van der Waals surface area contributed by atoms with E-state index in [1.165, 1.54) is 13.4 Å². The Kier molecular flexibility index (Phi) is 6.18. The number of aromatic nitrogens is 2. The fraction of sp³-hybridized carbons (Fsp3) is 0.100. The number of carbonyl (C=O) groups is 2. The largest absolute Gasteiger partial charge is 0.465 e. The zero-order valence-electron chi connectivity index (χ0n) is 15.0. The highest BCUT2D eigenvalue weighted by atomic mass is 35.5. The molecule has 1 heterocycles. The van der Waals surface area contributed by atoms with E-state index in [2.05, 4.69) is 25.3 Å². The maximum Gasteiger partial charge on any atom is 0.337 e. The van der Waals surface area contributed by atoms with Gasteiger partial charge in [0, 0.05) is 23.3 Å². The molecule has 28 heavy (non-hydrogen) atoms. The van der Waals surface area contributed by atoms with Crippen LogP contribution >= 0.6 is 11.6 Å². The fourth-order valence-electron chi connectivity index (χ4n) is 2.38. The summed E-state index contributed by atoms with van der Waals surface area (Å²) in [6.07, 6.45) is 1.32. The fourth-order valence-corrected chi connectivity index (χ4v) is 2.50. The SMILES string of the molecule is COC(=O)c1ccc(NC(=O)c2cc(NCc3ccc(Cl)cc3)ncn2)cc1. The van der Waals surface area contributed by atoms with Crippen molar-refractivity contribution < 1.29 is 14.3 Å². The highest BCUT2D eigenvalue weighted by Crippen LogP contribution is 2.14. The van der Waals surface area contributed by atoms with E-state index in [1.54, 1.807) is 30.3 Å². The van der Waals surface area contributed by atoms with Crippen LogP contribution in [0.5, 0.6) is 0 Å². The van der Waals surface area contributed by atoms with Gasteiger partial charge in [0.25, 0.3) is 5.91 Å². The minimum atomic E-state index is -0.440. The molecule has 3 aromatic rings. The number of esters is 1. The number of hydrogen-bond acceptors (Lipinski definition) is 6. The van der Waals surface area contributed by atoms with Crippen molar-refractivity contribution in [2.24, 2.45) is 0 Å². The Morgan fingerprint density at radius 3 is 2.43 bits per heavy atom. The number of hydrogen-bond donors (Lipinski definition) is 2. The highest BCUT2D eigenvalue weighted by molar-refractivity contribution is 6.30. The van der Waals surface area contributed by atoms with Crippen LogP contribution < -0.4 is 10.6 Å². The molecule has 2 aromatic carbocycles. The second kappa shape index (κ2) is 8.96. The summed E-state index contributed by atoms with van der Waals surface area (Å²) in [6.45, 7) is 0.532. The average Bonchev–Trinajstić information content (AvgIpc) is 2.73. The van der Waals surface area contributed by atoms with E-state index in [-0.39, 0.29) is 11.6 Å². The van der Waals surface area contributed by atoms with Crippen molar-refractivity contribution in [3.8, 4) is 0 Å². The molecule has 0 aliphatic rings. The number of ether oxygens (including phenoxy) is 1. The Morgan fingerprint density at radius 1 is 1.04 bits per heavy atom. The van der Waals surface area contributed by atoms with Gasteiger partial charge < -0.3 is 15.4 Å². The highest BCUT2D eigenvalue weighted by Gasteiger charge is 2.10. The minimum absolute atomic E-state index is 0.214. The minimum Gasteiger partial charge on any atom is -0.465 e. The summed E-state index contributed by atoms with van der Waals surface area (Å²) in [5, 5.41) is 6.54. The van der Waals surface area contributed by atoms with Crippen LogP contribution in [0.1, 0.15) is 26.4 Å². The Balaban J connectivity index is 1.63. The van der Waals surface area contributed by atoms with Crippen LogP contribution in [0, 0.1) is 0 Å². The summed E-state index contributed by atoms with van der Waals surface area (Å²) in [5.41, 5.74) is 2.17. The first-order valence-corrected chi connectivity index (χ1v) is 8.73. The normalized spacial score (nSPS) is 10.2.